The van der Waals surface area contributed by atoms with E-state index in [9.17, 15) is 4.39 Å². The van der Waals surface area contributed by atoms with Crippen LogP contribution in [0.3, 0.4) is 0 Å². The van der Waals surface area contributed by atoms with E-state index in [4.69, 9.17) is 4.74 Å². The second-order valence-corrected chi connectivity index (χ2v) is 4.34. The van der Waals surface area contributed by atoms with Crippen molar-refractivity contribution in [2.45, 2.75) is 33.0 Å². The van der Waals surface area contributed by atoms with Crippen LogP contribution in [0.2, 0.25) is 0 Å². The molecule has 2 nitrogen and oxygen atoms in total. The number of nitrogens with one attached hydrogen (secondary N) is 1. The summed E-state index contributed by atoms with van der Waals surface area (Å²) < 4.78 is 18.2. The van der Waals surface area contributed by atoms with Crippen LogP contribution in [-0.4, -0.2) is 19.3 Å². The third-order valence-corrected chi connectivity index (χ3v) is 2.98. The molecule has 0 fully saturated rings. The molecule has 1 aromatic rings. The molecule has 0 spiro atoms. The van der Waals surface area contributed by atoms with Crippen LogP contribution in [-0.2, 0) is 13.0 Å². The number of hydrogen-bond donors (Lipinski definition) is 1. The van der Waals surface area contributed by atoms with Crippen molar-refractivity contribution in [3.05, 3.63) is 28.8 Å². The number of hydrogen-bond acceptors (Lipinski definition) is 2. The number of ether oxygens (including phenoxy) is 1. The normalized spacial score (nSPS) is 16.7. The van der Waals surface area contributed by atoms with Crippen LogP contribution in [0.15, 0.2) is 12.1 Å². The predicted molar refractivity (Wildman–Crippen MR) is 62.7 cm³/mol. The highest BCUT2D eigenvalue weighted by Crippen LogP contribution is 2.27. The van der Waals surface area contributed by atoms with E-state index in [0.717, 1.165) is 25.3 Å². The minimum atomic E-state index is -0.919. The monoisotopic (exact) mass is 223 g/mol. The van der Waals surface area contributed by atoms with Crippen molar-refractivity contribution >= 4 is 0 Å². The lowest BCUT2D eigenvalue weighted by Crippen LogP contribution is -2.24. The van der Waals surface area contributed by atoms with Crippen LogP contribution in [0.4, 0.5) is 4.39 Å². The third kappa shape index (κ3) is 2.35. The molecule has 0 aromatic heterocycles. The van der Waals surface area contributed by atoms with Gasteiger partial charge in [-0.25, -0.2) is 4.39 Å². The predicted octanol–water partition coefficient (Wildman–Crippen LogP) is 2.38. The fourth-order valence-electron chi connectivity index (χ4n) is 2.10. The van der Waals surface area contributed by atoms with Crippen molar-refractivity contribution in [3.8, 4) is 5.75 Å². The van der Waals surface area contributed by atoms with Gasteiger partial charge in [-0.2, -0.15) is 0 Å². The van der Waals surface area contributed by atoms with Gasteiger partial charge in [-0.3, -0.25) is 0 Å². The van der Waals surface area contributed by atoms with Crippen LogP contribution >= 0.6 is 0 Å². The van der Waals surface area contributed by atoms with Gasteiger partial charge in [0.2, 0.25) is 0 Å². The first-order valence-corrected chi connectivity index (χ1v) is 5.77. The molecule has 16 heavy (non-hydrogen) atoms. The van der Waals surface area contributed by atoms with Gasteiger partial charge in [0, 0.05) is 6.54 Å². The van der Waals surface area contributed by atoms with Crippen molar-refractivity contribution in [2.75, 3.05) is 13.2 Å². The van der Waals surface area contributed by atoms with E-state index in [1.807, 2.05) is 6.07 Å². The Bertz CT molecular complexity index is 376. The zero-order valence-corrected chi connectivity index (χ0v) is 9.85. The van der Waals surface area contributed by atoms with Gasteiger partial charge < -0.3 is 10.1 Å². The van der Waals surface area contributed by atoms with Crippen LogP contribution in [0.1, 0.15) is 23.6 Å². The van der Waals surface area contributed by atoms with Crippen LogP contribution in [0.25, 0.3) is 0 Å². The lowest BCUT2D eigenvalue weighted by atomic mass is 9.95. The number of rotatable bonds is 3. The molecule has 1 unspecified atom stereocenters. The summed E-state index contributed by atoms with van der Waals surface area (Å²) in [4.78, 5) is 0. The molecule has 1 aliphatic rings. The summed E-state index contributed by atoms with van der Waals surface area (Å²) in [5.41, 5.74) is 3.87. The Hall–Kier alpha value is -1.09. The van der Waals surface area contributed by atoms with Gasteiger partial charge >= 0.3 is 0 Å². The van der Waals surface area contributed by atoms with Gasteiger partial charge in [-0.15, -0.1) is 0 Å². The van der Waals surface area contributed by atoms with Crippen molar-refractivity contribution in [1.29, 1.82) is 0 Å². The van der Waals surface area contributed by atoms with Gasteiger partial charge in [0.05, 0.1) is 0 Å². The molecule has 0 amide bonds. The summed E-state index contributed by atoms with van der Waals surface area (Å²) in [6, 6.07) is 4.02. The minimum absolute atomic E-state index is 0.137. The van der Waals surface area contributed by atoms with E-state index >= 15 is 0 Å². The summed E-state index contributed by atoms with van der Waals surface area (Å²) in [7, 11) is 0. The van der Waals surface area contributed by atoms with Crippen molar-refractivity contribution in [3.63, 3.8) is 0 Å². The Balaban J connectivity index is 2.20. The Morgan fingerprint density at radius 1 is 1.50 bits per heavy atom. The molecule has 88 valence electrons. The molecule has 0 saturated carbocycles. The highest BCUT2D eigenvalue weighted by molar-refractivity contribution is 5.45. The quantitative estimate of drug-likeness (QED) is 0.849. The van der Waals surface area contributed by atoms with Crippen molar-refractivity contribution in [2.24, 2.45) is 0 Å². The standard InChI is InChI=1S/C13H18FNO/c1-9(14)8-16-13-4-3-11-7-15-6-5-12(11)10(13)2/h3-4,9,15H,5-8H2,1-2H3. The van der Waals surface area contributed by atoms with E-state index in [2.05, 4.69) is 18.3 Å². The molecular formula is C13H18FNO. The van der Waals surface area contributed by atoms with Gasteiger partial charge in [0.25, 0.3) is 0 Å². The highest BCUT2D eigenvalue weighted by atomic mass is 19.1. The summed E-state index contributed by atoms with van der Waals surface area (Å²) >= 11 is 0. The minimum Gasteiger partial charge on any atom is -0.490 e. The van der Waals surface area contributed by atoms with E-state index in [1.165, 1.54) is 23.6 Å². The van der Waals surface area contributed by atoms with Crippen LogP contribution < -0.4 is 10.1 Å². The Morgan fingerprint density at radius 2 is 2.31 bits per heavy atom. The van der Waals surface area contributed by atoms with Gasteiger partial charge in [0.15, 0.2) is 0 Å². The summed E-state index contributed by atoms with van der Waals surface area (Å²) in [6.45, 7) is 5.64. The molecule has 3 heteroatoms. The smallest absolute Gasteiger partial charge is 0.131 e. The summed E-state index contributed by atoms with van der Waals surface area (Å²) in [5.74, 6) is 0.824. The molecular weight excluding hydrogens is 205 g/mol. The Labute approximate surface area is 95.8 Å². The molecule has 1 aliphatic heterocycles. The fraction of sp³-hybridized carbons (Fsp3) is 0.538. The van der Waals surface area contributed by atoms with Crippen molar-refractivity contribution in [1.82, 2.24) is 5.32 Å². The number of halogens is 1. The molecule has 1 aromatic carbocycles. The van der Waals surface area contributed by atoms with Gasteiger partial charge in [-0.1, -0.05) is 6.07 Å². The zero-order chi connectivity index (χ0) is 11.5. The average molecular weight is 223 g/mol. The Kier molecular flexibility index (Phi) is 3.44. The maximum absolute atomic E-state index is 12.7. The van der Waals surface area contributed by atoms with E-state index < -0.39 is 6.17 Å². The van der Waals surface area contributed by atoms with E-state index in [0.29, 0.717) is 0 Å². The highest BCUT2D eigenvalue weighted by Gasteiger charge is 2.14. The summed E-state index contributed by atoms with van der Waals surface area (Å²) in [6.07, 6.45) is 0.112. The first kappa shape index (κ1) is 11.4. The molecule has 0 radical (unpaired) electrons. The molecule has 1 heterocycles. The second kappa shape index (κ2) is 4.83. The largest absolute Gasteiger partial charge is 0.490 e. The molecule has 0 bridgehead atoms. The van der Waals surface area contributed by atoms with Crippen LogP contribution in [0, 0.1) is 6.92 Å². The zero-order valence-electron chi connectivity index (χ0n) is 9.85. The maximum Gasteiger partial charge on any atom is 0.131 e. The van der Waals surface area contributed by atoms with Gasteiger partial charge in [-0.05, 0) is 49.6 Å². The molecule has 1 N–H and O–H groups in total. The number of fused-ring (bicyclic) bond motifs is 1. The van der Waals surface area contributed by atoms with Crippen molar-refractivity contribution < 1.29 is 9.13 Å². The average Bonchev–Trinajstić information content (AvgIpc) is 2.28. The lowest BCUT2D eigenvalue weighted by molar-refractivity contribution is 0.208. The van der Waals surface area contributed by atoms with Gasteiger partial charge in [0.1, 0.15) is 18.5 Å². The first-order valence-electron chi connectivity index (χ1n) is 5.77. The lowest BCUT2D eigenvalue weighted by Gasteiger charge is -2.21. The second-order valence-electron chi connectivity index (χ2n) is 4.34. The third-order valence-electron chi connectivity index (χ3n) is 2.98. The Morgan fingerprint density at radius 3 is 3.06 bits per heavy atom. The SMILES string of the molecule is Cc1c(OCC(C)F)ccc2c1CCNC2. The molecule has 0 saturated heterocycles. The maximum atomic E-state index is 12.7. The first-order chi connectivity index (χ1) is 7.68. The fourth-order valence-corrected chi connectivity index (χ4v) is 2.10. The molecule has 0 aliphatic carbocycles. The number of alkyl halides is 1. The van der Waals surface area contributed by atoms with Crippen LogP contribution in [0.5, 0.6) is 5.75 Å². The topological polar surface area (TPSA) is 21.3 Å². The molecule has 2 rings (SSSR count). The van der Waals surface area contributed by atoms with E-state index in [1.54, 1.807) is 0 Å². The summed E-state index contributed by atoms with van der Waals surface area (Å²) in [5, 5.41) is 3.34. The molecule has 1 atom stereocenters. The number of benzene rings is 1. The van der Waals surface area contributed by atoms with E-state index in [-0.39, 0.29) is 6.61 Å².